The molecule has 10 N–H and O–H groups in total. The Morgan fingerprint density at radius 1 is 0.733 bits per heavy atom. The average molecular weight is 1240 g/mol. The molecule has 2 aromatic carbocycles. The van der Waals surface area contributed by atoms with Crippen molar-refractivity contribution in [1.29, 1.82) is 0 Å². The van der Waals surface area contributed by atoms with Gasteiger partial charge in [0.1, 0.15) is 29.4 Å². The first-order valence-electron chi connectivity index (χ1n) is 31.5. The Bertz CT molecular complexity index is 2800. The van der Waals surface area contributed by atoms with E-state index in [1.807, 2.05) is 0 Å². The van der Waals surface area contributed by atoms with Crippen LogP contribution in [0.3, 0.4) is 0 Å². The fourth-order valence-electron chi connectivity index (χ4n) is 15.6. The number of amides is 3. The van der Waals surface area contributed by atoms with E-state index < -0.39 is 69.9 Å². The molecule has 0 heterocycles. The van der Waals surface area contributed by atoms with Crippen molar-refractivity contribution in [2.75, 3.05) is 6.54 Å². The number of aliphatic carboxylic acids is 1. The maximum Gasteiger partial charge on any atom is 0.524 e. The third-order valence-electron chi connectivity index (χ3n) is 20.4. The zero-order chi connectivity index (χ0) is 62.7. The number of rotatable bonds is 30. The number of carboxylic acid groups (broad SMARTS) is 1. The van der Waals surface area contributed by atoms with Crippen molar-refractivity contribution in [2.24, 2.45) is 69.8 Å². The second kappa shape index (κ2) is 30.0. The Morgan fingerprint density at radius 3 is 1.98 bits per heavy atom. The number of hydrogen-bond acceptors (Lipinski definition) is 12. The molecule has 22 heteroatoms. The van der Waals surface area contributed by atoms with Crippen LogP contribution in [-0.2, 0) is 50.7 Å². The summed E-state index contributed by atoms with van der Waals surface area (Å²) >= 11 is 0. The molecule has 5 aliphatic rings. The molecule has 0 spiro atoms. The zero-order valence-electron chi connectivity index (χ0n) is 51.2. The van der Waals surface area contributed by atoms with E-state index in [0.717, 1.165) is 37.5 Å². The molecule has 4 saturated carbocycles. The number of nitrogens with two attached hydrogens (primary N) is 1. The first-order valence-corrected chi connectivity index (χ1v) is 34.5. The molecule has 0 radical (unpaired) electrons. The molecule has 0 saturated heterocycles. The number of carbonyl (C=O) groups excluding carboxylic acids is 5. The van der Waals surface area contributed by atoms with Gasteiger partial charge in [-0.2, -0.15) is 0 Å². The predicted molar refractivity (Wildman–Crippen MR) is 324 cm³/mol. The Labute approximate surface area is 507 Å². The van der Waals surface area contributed by atoms with Gasteiger partial charge in [0, 0.05) is 56.5 Å². The quantitative estimate of drug-likeness (QED) is 0.0199. The summed E-state index contributed by atoms with van der Waals surface area (Å²) in [6, 6.07) is 8.00. The lowest BCUT2D eigenvalue weighted by Crippen LogP contribution is -2.51. The van der Waals surface area contributed by atoms with Crippen LogP contribution in [0.15, 0.2) is 60.2 Å². The minimum Gasteiger partial charge on any atom is -0.480 e. The largest absolute Gasteiger partial charge is 0.524 e. The van der Waals surface area contributed by atoms with Gasteiger partial charge >= 0.3 is 27.7 Å². The maximum absolute atomic E-state index is 14.8. The standard InChI is InChI=1S/C64H96N4O16P2/c1-39(2)10-9-11-40(3)51-25-26-52-50-24-19-46-38-49(29-31-63(46,5)53(50)30-32-64(51,52)6)82-62(75)68-55(34-42-14-20-47(21-15-42)83-85(76,77)78)58(70)37-45(12-7-8-33-66-59(71)28-27-57(69)44-18-13-41(4)54(65)36-44)60(72)67-56(61(73)74)35-43-16-22-48(23-17-43)84-86(79,80)81/h14-17,19-23,39-41,44-45,49-56H,7-13,18,24-38,65H2,1-6H3,(H,66,71)(H,67,72)(H,68,75)(H,73,74)(H2,76,77,78)(H2,79,80,81)/t40-,41?,44?,45+,49?,50+,51?,52+,53+,54?,55?,56?,63+,64-/m1/s1. The Morgan fingerprint density at radius 2 is 1.37 bits per heavy atom. The van der Waals surface area contributed by atoms with Crippen molar-refractivity contribution in [3.05, 3.63) is 71.3 Å². The van der Waals surface area contributed by atoms with Crippen molar-refractivity contribution >= 4 is 51.1 Å². The molecule has 86 heavy (non-hydrogen) atoms. The summed E-state index contributed by atoms with van der Waals surface area (Å²) in [4.78, 5) is 119. The van der Waals surface area contributed by atoms with Gasteiger partial charge in [0.2, 0.25) is 11.8 Å². The van der Waals surface area contributed by atoms with E-state index in [1.54, 1.807) is 0 Å². The van der Waals surface area contributed by atoms with Gasteiger partial charge in [-0.3, -0.25) is 38.8 Å². The number of phosphoric acid groups is 2. The lowest BCUT2D eigenvalue weighted by atomic mass is 9.47. The van der Waals surface area contributed by atoms with Gasteiger partial charge in [0.15, 0.2) is 5.78 Å². The highest BCUT2D eigenvalue weighted by Crippen LogP contribution is 2.67. The normalized spacial score (nSPS) is 27.8. The van der Waals surface area contributed by atoms with Crippen LogP contribution in [0.25, 0.3) is 0 Å². The molecule has 14 atom stereocenters. The smallest absolute Gasteiger partial charge is 0.480 e. The highest BCUT2D eigenvalue weighted by atomic mass is 31.2. The van der Waals surface area contributed by atoms with E-state index >= 15 is 0 Å². The van der Waals surface area contributed by atoms with E-state index in [-0.39, 0.29) is 79.2 Å². The van der Waals surface area contributed by atoms with Crippen molar-refractivity contribution in [3.63, 3.8) is 0 Å². The number of allylic oxidation sites excluding steroid dienone is 1. The third kappa shape index (κ3) is 19.0. The van der Waals surface area contributed by atoms with Crippen molar-refractivity contribution < 1.29 is 76.4 Å². The molecule has 7 unspecified atom stereocenters. The molecule has 3 amide bonds. The number of carbonyl (C=O) groups is 6. The second-order valence-corrected chi connectivity index (χ2v) is 29.2. The molecule has 0 bridgehead atoms. The summed E-state index contributed by atoms with van der Waals surface area (Å²) < 4.78 is 38.5. The number of benzene rings is 2. The molecule has 0 aliphatic heterocycles. The maximum atomic E-state index is 14.8. The summed E-state index contributed by atoms with van der Waals surface area (Å²) in [5.74, 6) is -0.336. The number of alkyl carbamates (subject to hydrolysis) is 1. The minimum absolute atomic E-state index is 0.00352. The molecule has 2 aromatic rings. The van der Waals surface area contributed by atoms with Crippen LogP contribution in [0.2, 0.25) is 0 Å². The number of phosphoric ester groups is 2. The van der Waals surface area contributed by atoms with Gasteiger partial charge in [-0.05, 0) is 171 Å². The van der Waals surface area contributed by atoms with Crippen molar-refractivity contribution in [3.8, 4) is 11.5 Å². The SMILES string of the molecule is CC(C)CCC[C@@H](C)C1CC[C@H]2[C@@H]3CC=C4CC(OC(=O)NC(Cc5ccc(OP(=O)(O)O)cc5)C(=O)C[C@H](CCCCNC(=O)CCC(=O)C5CCC(C)C(N)C5)C(=O)NC(Cc5ccc(OP(=O)(O)O)cc5)C(=O)O)CC[C@]4(C)[C@H]3CC[C@]12C. The fourth-order valence-corrected chi connectivity index (χ4v) is 16.4. The molecule has 5 aliphatic carbocycles. The molecule has 7 rings (SSSR count). The number of unbranched alkanes of at least 4 members (excludes halogenated alkanes) is 1. The van der Waals surface area contributed by atoms with Crippen molar-refractivity contribution in [2.45, 2.75) is 207 Å². The monoisotopic (exact) mass is 1240 g/mol. The van der Waals surface area contributed by atoms with E-state index in [2.05, 4.69) is 68.1 Å². The zero-order valence-corrected chi connectivity index (χ0v) is 53.0. The van der Waals surface area contributed by atoms with E-state index in [1.165, 1.54) is 99.0 Å². The predicted octanol–water partition coefficient (Wildman–Crippen LogP) is 10.5. The molecule has 20 nitrogen and oxygen atoms in total. The fraction of sp³-hybridized carbons (Fsp3) is 0.688. The first kappa shape index (κ1) is 68.5. The first-order chi connectivity index (χ1) is 40.5. The van der Waals surface area contributed by atoms with Gasteiger partial charge in [-0.25, -0.2) is 18.7 Å². The number of fused-ring (bicyclic) bond motifs is 5. The van der Waals surface area contributed by atoms with Crippen LogP contribution < -0.4 is 30.7 Å². The van der Waals surface area contributed by atoms with Crippen LogP contribution in [-0.4, -0.2) is 90.9 Å². The van der Waals surface area contributed by atoms with Crippen LogP contribution >= 0.6 is 15.6 Å². The van der Waals surface area contributed by atoms with Gasteiger partial charge in [-0.15, -0.1) is 0 Å². The summed E-state index contributed by atoms with van der Waals surface area (Å²) in [6.45, 7) is 14.4. The number of Topliss-reactive ketones (excluding diaryl/α,β-unsaturated/α-hetero) is 2. The Kier molecular flexibility index (Phi) is 23.9. The van der Waals surface area contributed by atoms with E-state index in [9.17, 15) is 62.6 Å². The summed E-state index contributed by atoms with van der Waals surface area (Å²) in [7, 11) is -9.78. The molecule has 0 aromatic heterocycles. The molecule has 478 valence electrons. The Hall–Kier alpha value is -4.94. The lowest BCUT2D eigenvalue weighted by Gasteiger charge is -2.58. The second-order valence-electron chi connectivity index (χ2n) is 26.8. The molecular formula is C64H96N4O16P2. The average Bonchev–Trinajstić information content (AvgIpc) is 1.85. The molecule has 4 fully saturated rings. The van der Waals surface area contributed by atoms with Crippen LogP contribution in [0.1, 0.15) is 181 Å². The van der Waals surface area contributed by atoms with E-state index in [4.69, 9.17) is 15.0 Å². The number of ether oxygens (including phenoxy) is 1. The summed E-state index contributed by atoms with van der Waals surface area (Å²) in [6.07, 6.45) is 15.2. The minimum atomic E-state index is -4.90. The Balaban J connectivity index is 1.03. The lowest BCUT2D eigenvalue weighted by molar-refractivity contribution is -0.142. The van der Waals surface area contributed by atoms with Gasteiger partial charge in [0.05, 0.1) is 6.04 Å². The number of nitrogens with one attached hydrogen (secondary N) is 3. The highest BCUT2D eigenvalue weighted by Gasteiger charge is 2.59. The third-order valence-corrected chi connectivity index (χ3v) is 21.3. The topological polar surface area (TPSA) is 328 Å². The van der Waals surface area contributed by atoms with Crippen LogP contribution in [0.4, 0.5) is 4.79 Å². The van der Waals surface area contributed by atoms with Gasteiger partial charge in [0.25, 0.3) is 0 Å². The van der Waals surface area contributed by atoms with Crippen LogP contribution in [0.5, 0.6) is 11.5 Å². The highest BCUT2D eigenvalue weighted by molar-refractivity contribution is 7.47. The number of ketones is 2. The van der Waals surface area contributed by atoms with E-state index in [0.29, 0.717) is 78.2 Å². The number of hydrogen-bond donors (Lipinski definition) is 9. The molecular weight excluding hydrogens is 1140 g/mol. The van der Waals surface area contributed by atoms with Gasteiger partial charge in [-0.1, -0.05) is 103 Å². The number of carboxylic acids is 1. The van der Waals surface area contributed by atoms with Crippen molar-refractivity contribution in [1.82, 2.24) is 16.0 Å². The van der Waals surface area contributed by atoms with Gasteiger partial charge < -0.3 is 40.6 Å². The van der Waals surface area contributed by atoms with Crippen LogP contribution in [0, 0.1) is 64.1 Å². The summed E-state index contributed by atoms with van der Waals surface area (Å²) in [5, 5.41) is 18.5. The summed E-state index contributed by atoms with van der Waals surface area (Å²) in [5.41, 5.74) is 8.70.